The van der Waals surface area contributed by atoms with Crippen molar-refractivity contribution in [2.75, 3.05) is 18.2 Å². The molecular weight excluding hydrogens is 309 g/mol. The van der Waals surface area contributed by atoms with Gasteiger partial charge in [0.15, 0.2) is 0 Å². The minimum absolute atomic E-state index is 0.0478. The van der Waals surface area contributed by atoms with Crippen LogP contribution in [-0.2, 0) is 6.18 Å². The van der Waals surface area contributed by atoms with Gasteiger partial charge in [0.25, 0.3) is 0 Å². The molecule has 0 bridgehead atoms. The lowest BCUT2D eigenvalue weighted by Crippen LogP contribution is -2.06. The van der Waals surface area contributed by atoms with Crippen LogP contribution in [-0.4, -0.2) is 17.1 Å². The number of nitrogens with zero attached hydrogens (tertiary/aromatic N) is 2. The van der Waals surface area contributed by atoms with Crippen LogP contribution >= 0.6 is 11.6 Å². The summed E-state index contributed by atoms with van der Waals surface area (Å²) < 4.78 is 43.0. The molecule has 0 atom stereocenters. The van der Waals surface area contributed by atoms with E-state index in [-0.39, 0.29) is 28.4 Å². The SMILES string of the molecule is COc1cc(Nc2cc(C(F)(F)F)ccc2Cl)nc(N)n1. The first-order chi connectivity index (χ1) is 9.79. The van der Waals surface area contributed by atoms with Crippen LogP contribution in [0.5, 0.6) is 5.88 Å². The van der Waals surface area contributed by atoms with Crippen molar-refractivity contribution in [3.05, 3.63) is 34.9 Å². The van der Waals surface area contributed by atoms with E-state index in [2.05, 4.69) is 15.3 Å². The minimum Gasteiger partial charge on any atom is -0.481 e. The second-order valence-electron chi connectivity index (χ2n) is 3.97. The second-order valence-corrected chi connectivity index (χ2v) is 4.38. The Morgan fingerprint density at radius 2 is 1.95 bits per heavy atom. The molecule has 0 aliphatic heterocycles. The summed E-state index contributed by atoms with van der Waals surface area (Å²) in [5.74, 6) is 0.258. The van der Waals surface area contributed by atoms with Crippen molar-refractivity contribution < 1.29 is 17.9 Å². The lowest BCUT2D eigenvalue weighted by molar-refractivity contribution is -0.137. The van der Waals surface area contributed by atoms with Crippen molar-refractivity contribution in [3.63, 3.8) is 0 Å². The van der Waals surface area contributed by atoms with E-state index in [0.717, 1.165) is 18.2 Å². The minimum atomic E-state index is -4.47. The maximum atomic E-state index is 12.7. The molecule has 0 saturated carbocycles. The van der Waals surface area contributed by atoms with Crippen molar-refractivity contribution in [2.45, 2.75) is 6.18 Å². The summed E-state index contributed by atoms with van der Waals surface area (Å²) in [6.45, 7) is 0. The Bertz CT molecular complexity index is 663. The zero-order valence-corrected chi connectivity index (χ0v) is 11.5. The van der Waals surface area contributed by atoms with Gasteiger partial charge in [-0.25, -0.2) is 0 Å². The van der Waals surface area contributed by atoms with Gasteiger partial charge in [-0.15, -0.1) is 0 Å². The van der Waals surface area contributed by atoms with Crippen LogP contribution in [0.4, 0.5) is 30.6 Å². The number of aromatic nitrogens is 2. The first-order valence-electron chi connectivity index (χ1n) is 5.62. The lowest BCUT2D eigenvalue weighted by Gasteiger charge is -2.12. The highest BCUT2D eigenvalue weighted by atomic mass is 35.5. The molecule has 0 amide bonds. The highest BCUT2D eigenvalue weighted by Gasteiger charge is 2.31. The summed E-state index contributed by atoms with van der Waals surface area (Å²) in [5.41, 5.74) is 4.69. The molecule has 5 nitrogen and oxygen atoms in total. The molecule has 0 fully saturated rings. The molecule has 0 saturated heterocycles. The van der Waals surface area contributed by atoms with Gasteiger partial charge in [0.1, 0.15) is 5.82 Å². The Kier molecular flexibility index (Phi) is 4.08. The van der Waals surface area contributed by atoms with Gasteiger partial charge in [-0.2, -0.15) is 23.1 Å². The van der Waals surface area contributed by atoms with E-state index in [1.165, 1.54) is 13.2 Å². The van der Waals surface area contributed by atoms with E-state index >= 15 is 0 Å². The van der Waals surface area contributed by atoms with E-state index < -0.39 is 11.7 Å². The zero-order chi connectivity index (χ0) is 15.6. The number of nitrogen functional groups attached to an aromatic ring is 1. The molecule has 2 rings (SSSR count). The number of ether oxygens (including phenoxy) is 1. The third-order valence-electron chi connectivity index (χ3n) is 2.49. The third-order valence-corrected chi connectivity index (χ3v) is 2.82. The van der Waals surface area contributed by atoms with Crippen molar-refractivity contribution in [1.29, 1.82) is 0 Å². The van der Waals surface area contributed by atoms with E-state index in [1.54, 1.807) is 0 Å². The van der Waals surface area contributed by atoms with Gasteiger partial charge in [0.2, 0.25) is 11.8 Å². The summed E-state index contributed by atoms with van der Waals surface area (Å²) >= 11 is 5.87. The second kappa shape index (κ2) is 5.65. The van der Waals surface area contributed by atoms with Gasteiger partial charge in [0, 0.05) is 6.07 Å². The normalized spacial score (nSPS) is 11.3. The topological polar surface area (TPSA) is 73.1 Å². The number of hydrogen-bond donors (Lipinski definition) is 2. The standard InChI is InChI=1S/C12H10ClF3N4O/c1-21-10-5-9(19-11(17)20-10)18-8-4-6(12(14,15)16)2-3-7(8)13/h2-5H,1H3,(H3,17,18,19,20). The molecule has 0 radical (unpaired) electrons. The largest absolute Gasteiger partial charge is 0.481 e. The number of nitrogens with two attached hydrogens (primary N) is 1. The Labute approximate surface area is 122 Å². The average Bonchev–Trinajstić information content (AvgIpc) is 2.39. The molecule has 21 heavy (non-hydrogen) atoms. The van der Waals surface area contributed by atoms with Gasteiger partial charge in [-0.1, -0.05) is 11.6 Å². The first-order valence-corrected chi connectivity index (χ1v) is 5.99. The highest BCUT2D eigenvalue weighted by Crippen LogP contribution is 2.35. The Balaban J connectivity index is 2.37. The van der Waals surface area contributed by atoms with E-state index in [4.69, 9.17) is 22.1 Å². The molecule has 0 unspecified atom stereocenters. The molecule has 112 valence electrons. The lowest BCUT2D eigenvalue weighted by atomic mass is 10.2. The Morgan fingerprint density at radius 1 is 1.24 bits per heavy atom. The fourth-order valence-corrected chi connectivity index (χ4v) is 1.71. The van der Waals surface area contributed by atoms with Crippen LogP contribution in [0.25, 0.3) is 0 Å². The van der Waals surface area contributed by atoms with Gasteiger partial charge in [-0.05, 0) is 18.2 Å². The molecule has 3 N–H and O–H groups in total. The summed E-state index contributed by atoms with van der Waals surface area (Å²) in [7, 11) is 1.38. The third kappa shape index (κ3) is 3.66. The van der Waals surface area contributed by atoms with Crippen LogP contribution in [0.2, 0.25) is 5.02 Å². The summed E-state index contributed by atoms with van der Waals surface area (Å²) in [4.78, 5) is 7.61. The van der Waals surface area contributed by atoms with Gasteiger partial charge >= 0.3 is 6.18 Å². The number of methoxy groups -OCH3 is 1. The number of benzene rings is 1. The number of rotatable bonds is 3. The zero-order valence-electron chi connectivity index (χ0n) is 10.7. The van der Waals surface area contributed by atoms with E-state index in [0.29, 0.717) is 0 Å². The molecule has 9 heteroatoms. The van der Waals surface area contributed by atoms with E-state index in [1.807, 2.05) is 0 Å². The average molecular weight is 319 g/mol. The quantitative estimate of drug-likeness (QED) is 0.906. The number of halogens is 4. The molecule has 1 aromatic heterocycles. The Morgan fingerprint density at radius 3 is 2.57 bits per heavy atom. The predicted molar refractivity (Wildman–Crippen MR) is 72.7 cm³/mol. The van der Waals surface area contributed by atoms with Crippen molar-refractivity contribution >= 4 is 29.1 Å². The molecule has 0 spiro atoms. The fraction of sp³-hybridized carbons (Fsp3) is 0.167. The maximum Gasteiger partial charge on any atom is 0.416 e. The Hall–Kier alpha value is -2.22. The molecule has 0 aliphatic carbocycles. The molecular formula is C12H10ClF3N4O. The van der Waals surface area contributed by atoms with Crippen molar-refractivity contribution in [2.24, 2.45) is 0 Å². The van der Waals surface area contributed by atoms with Crippen LogP contribution in [0, 0.1) is 0 Å². The van der Waals surface area contributed by atoms with E-state index in [9.17, 15) is 13.2 Å². The first kappa shape index (κ1) is 15.2. The molecule has 1 aromatic carbocycles. The monoisotopic (exact) mass is 318 g/mol. The van der Waals surface area contributed by atoms with Gasteiger partial charge in [-0.3, -0.25) is 0 Å². The maximum absolute atomic E-state index is 12.7. The van der Waals surface area contributed by atoms with Gasteiger partial charge in [0.05, 0.1) is 23.4 Å². The molecule has 2 aromatic rings. The van der Waals surface area contributed by atoms with Crippen LogP contribution < -0.4 is 15.8 Å². The smallest absolute Gasteiger partial charge is 0.416 e. The fourth-order valence-electron chi connectivity index (χ4n) is 1.55. The van der Waals surface area contributed by atoms with Crippen LogP contribution in [0.1, 0.15) is 5.56 Å². The molecule has 0 aliphatic rings. The summed E-state index contributed by atoms with van der Waals surface area (Å²) in [6.07, 6.45) is -4.47. The van der Waals surface area contributed by atoms with Gasteiger partial charge < -0.3 is 15.8 Å². The van der Waals surface area contributed by atoms with Crippen LogP contribution in [0.15, 0.2) is 24.3 Å². The summed E-state index contributed by atoms with van der Waals surface area (Å²) in [6, 6.07) is 4.30. The van der Waals surface area contributed by atoms with Crippen molar-refractivity contribution in [1.82, 2.24) is 9.97 Å². The number of nitrogens with one attached hydrogen (secondary N) is 1. The van der Waals surface area contributed by atoms with Crippen LogP contribution in [0.3, 0.4) is 0 Å². The molecule has 1 heterocycles. The summed E-state index contributed by atoms with van der Waals surface area (Å²) in [5, 5.41) is 2.77. The number of alkyl halides is 3. The highest BCUT2D eigenvalue weighted by molar-refractivity contribution is 6.33. The number of anilines is 3. The predicted octanol–water partition coefficient (Wildman–Crippen LogP) is 3.48. The number of hydrogen-bond acceptors (Lipinski definition) is 5. The van der Waals surface area contributed by atoms with Crippen molar-refractivity contribution in [3.8, 4) is 5.88 Å².